The van der Waals surface area contributed by atoms with Gasteiger partial charge in [-0.2, -0.15) is 5.10 Å². The number of anilines is 1. The molecule has 4 fully saturated rings. The summed E-state index contributed by atoms with van der Waals surface area (Å²) in [4.78, 5) is 16.9. The minimum Gasteiger partial charge on any atom is -0.390 e. The Kier molecular flexibility index (Phi) is 3.85. The molecule has 4 aliphatic rings. The Balaban J connectivity index is 1.37. The van der Waals surface area contributed by atoms with Gasteiger partial charge in [-0.25, -0.2) is 9.67 Å². The molecule has 2 aromatic rings. The van der Waals surface area contributed by atoms with Gasteiger partial charge in [-0.05, 0) is 67.9 Å². The molecule has 0 aliphatic heterocycles. The van der Waals surface area contributed by atoms with E-state index in [1.165, 1.54) is 12.7 Å². The number of aliphatic hydroxyl groups is 1. The van der Waals surface area contributed by atoms with Gasteiger partial charge in [-0.1, -0.05) is 17.7 Å². The fraction of sp³-hybridized carbons (Fsp3) is 0.550. The van der Waals surface area contributed by atoms with Crippen LogP contribution in [0.25, 0.3) is 5.69 Å². The first-order valence-corrected chi connectivity index (χ1v) is 9.97. The number of rotatable bonds is 4. The number of hydrogen-bond acceptors (Lipinski definition) is 4. The summed E-state index contributed by atoms with van der Waals surface area (Å²) >= 11 is 6.35. The van der Waals surface area contributed by atoms with Crippen LogP contribution in [-0.4, -0.2) is 31.4 Å². The number of para-hydroxylation sites is 1. The topological polar surface area (TPSA) is 80.0 Å². The molecule has 0 saturated heterocycles. The number of nitrogens with zero attached hydrogens (tertiary/aromatic N) is 3. The van der Waals surface area contributed by atoms with Gasteiger partial charge in [0.05, 0.1) is 16.3 Å². The molecule has 2 atom stereocenters. The zero-order valence-electron chi connectivity index (χ0n) is 15.1. The molecule has 6 nitrogen and oxygen atoms in total. The van der Waals surface area contributed by atoms with Crippen molar-refractivity contribution >= 4 is 23.2 Å². The van der Waals surface area contributed by atoms with E-state index in [0.29, 0.717) is 34.7 Å². The van der Waals surface area contributed by atoms with Gasteiger partial charge < -0.3 is 10.4 Å². The summed E-state index contributed by atoms with van der Waals surface area (Å²) in [5.74, 6) is 1.12. The van der Waals surface area contributed by atoms with Crippen LogP contribution in [0.1, 0.15) is 44.9 Å². The predicted molar refractivity (Wildman–Crippen MR) is 102 cm³/mol. The largest absolute Gasteiger partial charge is 0.390 e. The van der Waals surface area contributed by atoms with Gasteiger partial charge in [0, 0.05) is 6.42 Å². The number of amides is 1. The van der Waals surface area contributed by atoms with Crippen LogP contribution in [0.5, 0.6) is 0 Å². The van der Waals surface area contributed by atoms with Gasteiger partial charge in [0.2, 0.25) is 5.91 Å². The van der Waals surface area contributed by atoms with E-state index in [1.807, 2.05) is 12.1 Å². The number of carbonyl (C=O) groups excluding carboxylic acids is 1. The standard InChI is InChI=1S/C20H23ClN4O2/c21-15-2-1-3-16(18(15)25-12-22-11-23-25)24-17(26)9-19-5-13-4-14(6-19)8-20(27,7-13)10-19/h1-3,11-14,27H,4-10H2,(H,24,26). The third-order valence-corrected chi connectivity index (χ3v) is 6.90. The Bertz CT molecular complexity index is 868. The van der Waals surface area contributed by atoms with Gasteiger partial charge in [-0.3, -0.25) is 4.79 Å². The average Bonchev–Trinajstić information content (AvgIpc) is 3.05. The lowest BCUT2D eigenvalue weighted by Crippen LogP contribution is -2.56. The summed E-state index contributed by atoms with van der Waals surface area (Å²) in [6, 6.07) is 5.41. The summed E-state index contributed by atoms with van der Waals surface area (Å²) in [7, 11) is 0. The molecule has 1 aromatic carbocycles. The number of halogens is 1. The summed E-state index contributed by atoms with van der Waals surface area (Å²) < 4.78 is 1.56. The molecule has 0 radical (unpaired) electrons. The second kappa shape index (κ2) is 6.04. The molecule has 2 unspecified atom stereocenters. The van der Waals surface area contributed by atoms with E-state index >= 15 is 0 Å². The molecule has 4 aliphatic carbocycles. The normalized spacial score (nSPS) is 34.0. The molecule has 6 rings (SSSR count). The number of nitrogens with one attached hydrogen (secondary N) is 1. The summed E-state index contributed by atoms with van der Waals surface area (Å²) in [5, 5.41) is 18.6. The monoisotopic (exact) mass is 386 g/mol. The van der Waals surface area contributed by atoms with Crippen LogP contribution in [0.15, 0.2) is 30.9 Å². The Labute approximate surface area is 162 Å². The van der Waals surface area contributed by atoms with Crippen molar-refractivity contribution in [1.29, 1.82) is 0 Å². The highest BCUT2D eigenvalue weighted by Crippen LogP contribution is 2.62. The first-order chi connectivity index (χ1) is 12.9. The molecular formula is C20H23ClN4O2. The van der Waals surface area contributed by atoms with Crippen molar-refractivity contribution in [3.05, 3.63) is 35.9 Å². The highest BCUT2D eigenvalue weighted by molar-refractivity contribution is 6.33. The molecule has 1 amide bonds. The second-order valence-electron chi connectivity index (χ2n) is 8.89. The lowest BCUT2D eigenvalue weighted by atomic mass is 9.47. The Morgan fingerprint density at radius 2 is 2.07 bits per heavy atom. The number of hydrogen-bond donors (Lipinski definition) is 2. The minimum atomic E-state index is -0.549. The van der Waals surface area contributed by atoms with Crippen molar-refractivity contribution in [1.82, 2.24) is 14.8 Å². The zero-order chi connectivity index (χ0) is 18.6. The Morgan fingerprint density at radius 1 is 1.30 bits per heavy atom. The van der Waals surface area contributed by atoms with Crippen molar-refractivity contribution in [2.45, 2.75) is 50.5 Å². The predicted octanol–water partition coefficient (Wildman–Crippen LogP) is 3.58. The van der Waals surface area contributed by atoms with Crippen molar-refractivity contribution in [2.24, 2.45) is 17.3 Å². The van der Waals surface area contributed by atoms with Crippen LogP contribution in [0.2, 0.25) is 5.02 Å². The highest BCUT2D eigenvalue weighted by Gasteiger charge is 2.57. The number of benzene rings is 1. The Morgan fingerprint density at radius 3 is 2.74 bits per heavy atom. The molecule has 142 valence electrons. The summed E-state index contributed by atoms with van der Waals surface area (Å²) in [5.41, 5.74) is 0.636. The third kappa shape index (κ3) is 3.05. The van der Waals surface area contributed by atoms with E-state index in [2.05, 4.69) is 15.4 Å². The average molecular weight is 387 g/mol. The van der Waals surface area contributed by atoms with Crippen LogP contribution < -0.4 is 5.32 Å². The summed E-state index contributed by atoms with van der Waals surface area (Å²) in [6.07, 6.45) is 9.37. The van der Waals surface area contributed by atoms with Gasteiger partial charge in [0.1, 0.15) is 18.3 Å². The van der Waals surface area contributed by atoms with Crippen LogP contribution >= 0.6 is 11.6 Å². The van der Waals surface area contributed by atoms with Crippen LogP contribution in [0, 0.1) is 17.3 Å². The van der Waals surface area contributed by atoms with Crippen LogP contribution in [0.4, 0.5) is 5.69 Å². The van der Waals surface area contributed by atoms with E-state index in [-0.39, 0.29) is 11.3 Å². The minimum absolute atomic E-state index is 0.0239. The van der Waals surface area contributed by atoms with Crippen molar-refractivity contribution in [3.63, 3.8) is 0 Å². The molecule has 0 spiro atoms. The highest BCUT2D eigenvalue weighted by atomic mass is 35.5. The number of carbonyl (C=O) groups is 1. The van der Waals surface area contributed by atoms with Gasteiger partial charge in [0.15, 0.2) is 0 Å². The molecule has 4 bridgehead atoms. The molecule has 1 heterocycles. The van der Waals surface area contributed by atoms with Crippen molar-refractivity contribution in [3.8, 4) is 5.69 Å². The fourth-order valence-electron chi connectivity index (χ4n) is 6.32. The fourth-order valence-corrected chi connectivity index (χ4v) is 6.58. The lowest BCUT2D eigenvalue weighted by Gasteiger charge is -2.60. The van der Waals surface area contributed by atoms with E-state index in [9.17, 15) is 9.90 Å². The van der Waals surface area contributed by atoms with Gasteiger partial charge >= 0.3 is 0 Å². The molecular weight excluding hydrogens is 364 g/mol. The molecule has 1 aromatic heterocycles. The maximum absolute atomic E-state index is 13.0. The second-order valence-corrected chi connectivity index (χ2v) is 9.29. The smallest absolute Gasteiger partial charge is 0.224 e. The molecule has 4 saturated carbocycles. The van der Waals surface area contributed by atoms with E-state index in [0.717, 1.165) is 32.1 Å². The maximum atomic E-state index is 13.0. The van der Waals surface area contributed by atoms with Gasteiger partial charge in [-0.15, -0.1) is 0 Å². The number of aromatic nitrogens is 3. The molecule has 7 heteroatoms. The maximum Gasteiger partial charge on any atom is 0.224 e. The quantitative estimate of drug-likeness (QED) is 0.841. The van der Waals surface area contributed by atoms with Crippen molar-refractivity contribution < 1.29 is 9.90 Å². The SMILES string of the molecule is O=C(CC12CC3CC(CC(O)(C3)C1)C2)Nc1cccc(Cl)c1-n1cncn1. The van der Waals surface area contributed by atoms with E-state index in [4.69, 9.17) is 11.6 Å². The first-order valence-electron chi connectivity index (χ1n) is 9.60. The lowest BCUT2D eigenvalue weighted by molar-refractivity contribution is -0.167. The Hall–Kier alpha value is -1.92. The third-order valence-electron chi connectivity index (χ3n) is 6.60. The summed E-state index contributed by atoms with van der Waals surface area (Å²) in [6.45, 7) is 0. The van der Waals surface area contributed by atoms with Gasteiger partial charge in [0.25, 0.3) is 0 Å². The van der Waals surface area contributed by atoms with E-state index in [1.54, 1.807) is 17.1 Å². The van der Waals surface area contributed by atoms with Crippen LogP contribution in [0.3, 0.4) is 0 Å². The van der Waals surface area contributed by atoms with Crippen molar-refractivity contribution in [2.75, 3.05) is 5.32 Å². The van der Waals surface area contributed by atoms with E-state index < -0.39 is 5.60 Å². The first kappa shape index (κ1) is 17.2. The zero-order valence-corrected chi connectivity index (χ0v) is 15.8. The molecule has 2 N–H and O–H groups in total. The molecule has 27 heavy (non-hydrogen) atoms. The van der Waals surface area contributed by atoms with Crippen LogP contribution in [-0.2, 0) is 4.79 Å².